The molecule has 0 amide bonds. The van der Waals surface area contributed by atoms with Crippen molar-refractivity contribution in [1.29, 1.82) is 0 Å². The Hall–Kier alpha value is -6.71. The fraction of sp³-hybridized carbons (Fsp3) is 0.0408. The number of benzene rings is 7. The van der Waals surface area contributed by atoms with Gasteiger partial charge in [0.15, 0.2) is 5.78 Å². The van der Waals surface area contributed by atoms with Crippen LogP contribution in [0.15, 0.2) is 182 Å². The highest BCUT2D eigenvalue weighted by molar-refractivity contribution is 6.29. The number of aromatic amines is 1. The Morgan fingerprint density at radius 2 is 1.13 bits per heavy atom. The Labute approximate surface area is 302 Å². The molecule has 0 aliphatic heterocycles. The zero-order valence-electron chi connectivity index (χ0n) is 28.5. The molecule has 10 rings (SSSR count). The van der Waals surface area contributed by atoms with Crippen LogP contribution in [0.25, 0.3) is 55.2 Å². The molecule has 0 spiro atoms. The average Bonchev–Trinajstić information content (AvgIpc) is 3.74. The number of H-pyrrole nitrogens is 1. The van der Waals surface area contributed by atoms with Gasteiger partial charge >= 0.3 is 0 Å². The lowest BCUT2D eigenvalue weighted by atomic mass is 9.92. The zero-order valence-corrected chi connectivity index (χ0v) is 28.5. The van der Waals surface area contributed by atoms with Crippen molar-refractivity contribution in [1.82, 2.24) is 4.98 Å². The van der Waals surface area contributed by atoms with Crippen molar-refractivity contribution in [3.05, 3.63) is 199 Å². The van der Waals surface area contributed by atoms with Gasteiger partial charge in [-0.05, 0) is 93.9 Å². The van der Waals surface area contributed by atoms with Crippen LogP contribution in [0.2, 0.25) is 0 Å². The smallest absolute Gasteiger partial charge is 0.196 e. The molecule has 1 aromatic heterocycles. The highest BCUT2D eigenvalue weighted by atomic mass is 16.1. The number of aromatic nitrogens is 1. The molecule has 1 atom stereocenters. The number of carbonyl (C=O) groups is 1. The number of nitrogens with one attached hydrogen (secondary N) is 1. The second-order valence-electron chi connectivity index (χ2n) is 13.7. The van der Waals surface area contributed by atoms with Crippen LogP contribution < -0.4 is 4.90 Å². The normalized spacial score (nSPS) is 14.5. The average molecular weight is 667 g/mol. The van der Waals surface area contributed by atoms with Crippen molar-refractivity contribution in [3.63, 3.8) is 0 Å². The van der Waals surface area contributed by atoms with Gasteiger partial charge in [0.2, 0.25) is 0 Å². The minimum Gasteiger partial charge on any atom is -0.354 e. The Morgan fingerprint density at radius 1 is 0.519 bits per heavy atom. The van der Waals surface area contributed by atoms with Gasteiger partial charge in [-0.3, -0.25) is 4.79 Å². The van der Waals surface area contributed by atoms with Crippen LogP contribution in [0.5, 0.6) is 0 Å². The van der Waals surface area contributed by atoms with Gasteiger partial charge < -0.3 is 9.88 Å². The number of fused-ring (bicyclic) bond motifs is 7. The Balaban J connectivity index is 1.01. The van der Waals surface area contributed by atoms with Gasteiger partial charge in [-0.1, -0.05) is 133 Å². The fourth-order valence-electron chi connectivity index (χ4n) is 8.04. The van der Waals surface area contributed by atoms with Crippen molar-refractivity contribution in [2.45, 2.75) is 12.3 Å². The van der Waals surface area contributed by atoms with E-state index in [2.05, 4.69) is 168 Å². The number of rotatable bonds is 6. The maximum absolute atomic E-state index is 13.5. The number of hydrogen-bond acceptors (Lipinski definition) is 2. The first-order valence-corrected chi connectivity index (χ1v) is 17.9. The van der Waals surface area contributed by atoms with Gasteiger partial charge in [-0.2, -0.15) is 0 Å². The summed E-state index contributed by atoms with van der Waals surface area (Å²) in [5, 5.41) is 2.19. The molecule has 1 unspecified atom stereocenters. The molecule has 0 bridgehead atoms. The molecule has 0 saturated carbocycles. The number of anilines is 3. The van der Waals surface area contributed by atoms with Crippen molar-refractivity contribution in [2.75, 3.05) is 4.90 Å². The molecule has 0 fully saturated rings. The molecule has 246 valence electrons. The summed E-state index contributed by atoms with van der Waals surface area (Å²) in [5.41, 5.74) is 14.8. The first-order valence-electron chi connectivity index (χ1n) is 17.9. The minimum atomic E-state index is 0.0930. The third kappa shape index (κ3) is 5.01. The van der Waals surface area contributed by atoms with E-state index in [9.17, 15) is 4.79 Å². The first kappa shape index (κ1) is 30.1. The Bertz CT molecular complexity index is 2700. The molecule has 1 N–H and O–H groups in total. The van der Waals surface area contributed by atoms with E-state index < -0.39 is 0 Å². The van der Waals surface area contributed by atoms with E-state index in [0.29, 0.717) is 5.92 Å². The third-order valence-electron chi connectivity index (χ3n) is 10.7. The standard InChI is InChI=1S/C49H34N2O/c52-49-44-14-8-7-13-41(44)42-28-29-43-45-31-37(21-30-46(45)50-48(43)47(42)49)36-19-26-40(27-20-36)51(38-22-15-34(16-23-38)32-9-3-1-4-10-32)39-24-17-35(18-25-39)33-11-5-2-6-12-33/h1-11,13-31,33,50H,12H2. The van der Waals surface area contributed by atoms with E-state index in [1.165, 1.54) is 16.7 Å². The summed E-state index contributed by atoms with van der Waals surface area (Å²) in [6, 6.07) is 55.9. The van der Waals surface area contributed by atoms with Crippen molar-refractivity contribution >= 4 is 44.7 Å². The van der Waals surface area contributed by atoms with Gasteiger partial charge in [-0.25, -0.2) is 0 Å². The predicted octanol–water partition coefficient (Wildman–Crippen LogP) is 12.9. The summed E-state index contributed by atoms with van der Waals surface area (Å²) >= 11 is 0. The molecular formula is C49H34N2O. The van der Waals surface area contributed by atoms with Crippen LogP contribution in [-0.2, 0) is 0 Å². The molecule has 3 nitrogen and oxygen atoms in total. The van der Waals surface area contributed by atoms with Gasteiger partial charge in [0.05, 0.1) is 11.1 Å². The number of allylic oxidation sites excluding steroid dienone is 4. The van der Waals surface area contributed by atoms with E-state index in [1.807, 2.05) is 24.3 Å². The molecular weight excluding hydrogens is 633 g/mol. The lowest BCUT2D eigenvalue weighted by Crippen LogP contribution is -2.10. The van der Waals surface area contributed by atoms with E-state index in [-0.39, 0.29) is 5.78 Å². The lowest BCUT2D eigenvalue weighted by molar-refractivity contribution is 0.104. The van der Waals surface area contributed by atoms with Gasteiger partial charge in [-0.15, -0.1) is 0 Å². The maximum Gasteiger partial charge on any atom is 0.196 e. The van der Waals surface area contributed by atoms with Crippen LogP contribution in [0.3, 0.4) is 0 Å². The van der Waals surface area contributed by atoms with E-state index >= 15 is 0 Å². The van der Waals surface area contributed by atoms with Crippen LogP contribution >= 0.6 is 0 Å². The summed E-state index contributed by atoms with van der Waals surface area (Å²) in [7, 11) is 0. The summed E-state index contributed by atoms with van der Waals surface area (Å²) in [4.78, 5) is 19.4. The van der Waals surface area contributed by atoms with E-state index in [0.717, 1.165) is 78.7 Å². The van der Waals surface area contributed by atoms with Gasteiger partial charge in [0, 0.05) is 44.8 Å². The van der Waals surface area contributed by atoms with Crippen LogP contribution in [-0.4, -0.2) is 10.8 Å². The summed E-state index contributed by atoms with van der Waals surface area (Å²) in [5.74, 6) is 0.500. The number of carbonyl (C=O) groups excluding carboxylic acids is 1. The Kier molecular flexibility index (Phi) is 7.10. The predicted molar refractivity (Wildman–Crippen MR) is 216 cm³/mol. The highest BCUT2D eigenvalue weighted by Gasteiger charge is 2.29. The summed E-state index contributed by atoms with van der Waals surface area (Å²) in [6.07, 6.45) is 9.82. The van der Waals surface area contributed by atoms with Crippen LogP contribution in [0, 0.1) is 0 Å². The first-order chi connectivity index (χ1) is 25.7. The molecule has 8 aromatic rings. The molecule has 2 aliphatic carbocycles. The monoisotopic (exact) mass is 666 g/mol. The fourth-order valence-corrected chi connectivity index (χ4v) is 8.04. The van der Waals surface area contributed by atoms with Crippen molar-refractivity contribution in [2.24, 2.45) is 0 Å². The van der Waals surface area contributed by atoms with Crippen molar-refractivity contribution < 1.29 is 4.79 Å². The second-order valence-corrected chi connectivity index (χ2v) is 13.7. The largest absolute Gasteiger partial charge is 0.354 e. The summed E-state index contributed by atoms with van der Waals surface area (Å²) in [6.45, 7) is 0. The second kappa shape index (κ2) is 12.3. The maximum atomic E-state index is 13.5. The van der Waals surface area contributed by atoms with E-state index in [1.54, 1.807) is 0 Å². The molecule has 1 heterocycles. The molecule has 0 saturated heterocycles. The Morgan fingerprint density at radius 3 is 1.83 bits per heavy atom. The van der Waals surface area contributed by atoms with Gasteiger partial charge in [0.25, 0.3) is 0 Å². The van der Waals surface area contributed by atoms with Crippen molar-refractivity contribution in [3.8, 4) is 33.4 Å². The molecule has 52 heavy (non-hydrogen) atoms. The molecule has 2 aliphatic rings. The highest BCUT2D eigenvalue weighted by Crippen LogP contribution is 2.43. The SMILES string of the molecule is O=C1c2ccccc2-c2ccc3c([nH]c4ccc(-c5ccc(N(c6ccc(-c7ccccc7)cc6)c6ccc(C7C=CC=CC7)cc6)cc5)cc43)c21. The van der Waals surface area contributed by atoms with E-state index in [4.69, 9.17) is 0 Å². The number of hydrogen-bond donors (Lipinski definition) is 1. The molecule has 3 heteroatoms. The minimum absolute atomic E-state index is 0.0930. The zero-order chi connectivity index (χ0) is 34.6. The van der Waals surface area contributed by atoms with Crippen LogP contribution in [0.4, 0.5) is 17.1 Å². The number of nitrogens with zero attached hydrogens (tertiary/aromatic N) is 1. The quantitative estimate of drug-likeness (QED) is 0.192. The summed E-state index contributed by atoms with van der Waals surface area (Å²) < 4.78 is 0. The topological polar surface area (TPSA) is 36.1 Å². The third-order valence-corrected chi connectivity index (χ3v) is 10.7. The number of ketones is 1. The molecule has 7 aromatic carbocycles. The van der Waals surface area contributed by atoms with Crippen LogP contribution in [0.1, 0.15) is 33.8 Å². The lowest BCUT2D eigenvalue weighted by Gasteiger charge is -2.26. The molecule has 0 radical (unpaired) electrons. The van der Waals surface area contributed by atoms with Gasteiger partial charge in [0.1, 0.15) is 0 Å².